The van der Waals surface area contributed by atoms with Crippen molar-refractivity contribution in [1.82, 2.24) is 15.5 Å². The Labute approximate surface area is 105 Å². The summed E-state index contributed by atoms with van der Waals surface area (Å²) in [4.78, 5) is 4.36. The molecule has 0 aliphatic carbocycles. The Morgan fingerprint density at radius 3 is 3.12 bits per heavy atom. The first-order valence-electron chi connectivity index (χ1n) is 6.04. The lowest BCUT2D eigenvalue weighted by molar-refractivity contribution is 0.191. The van der Waals surface area contributed by atoms with Gasteiger partial charge in [-0.2, -0.15) is 16.7 Å². The number of aliphatic hydroxyl groups is 1. The Balaban J connectivity index is 1.87. The van der Waals surface area contributed by atoms with Crippen LogP contribution in [-0.4, -0.2) is 33.1 Å². The predicted octanol–water partition coefficient (Wildman–Crippen LogP) is 1.50. The Kier molecular flexibility index (Phi) is 4.42. The van der Waals surface area contributed by atoms with Gasteiger partial charge in [-0.25, -0.2) is 0 Å². The monoisotopic (exact) mass is 257 g/mol. The molecule has 3 atom stereocenters. The van der Waals surface area contributed by atoms with Gasteiger partial charge in [0.25, 0.3) is 0 Å². The minimum atomic E-state index is -0.301. The molecule has 1 aromatic rings. The van der Waals surface area contributed by atoms with E-state index in [4.69, 9.17) is 4.52 Å². The van der Waals surface area contributed by atoms with Crippen LogP contribution >= 0.6 is 11.8 Å². The molecule has 2 heterocycles. The van der Waals surface area contributed by atoms with E-state index < -0.39 is 0 Å². The molecular weight excluding hydrogens is 238 g/mol. The summed E-state index contributed by atoms with van der Waals surface area (Å²) in [6.07, 6.45) is 1.50. The minimum Gasteiger partial charge on any atom is -0.392 e. The van der Waals surface area contributed by atoms with E-state index in [0.29, 0.717) is 24.1 Å². The number of aliphatic hydroxyl groups excluding tert-OH is 1. The maximum atomic E-state index is 9.42. The quantitative estimate of drug-likeness (QED) is 0.833. The number of hydrogen-bond donors (Lipinski definition) is 2. The summed E-state index contributed by atoms with van der Waals surface area (Å²) in [5.41, 5.74) is 0. The smallest absolute Gasteiger partial charge is 0.243 e. The molecule has 6 heteroatoms. The maximum Gasteiger partial charge on any atom is 0.243 e. The molecule has 0 saturated carbocycles. The number of aromatic nitrogens is 2. The topological polar surface area (TPSA) is 71.2 Å². The number of thioether (sulfide) groups is 1. The van der Waals surface area contributed by atoms with Crippen LogP contribution < -0.4 is 5.32 Å². The summed E-state index contributed by atoms with van der Waals surface area (Å²) >= 11 is 1.83. The van der Waals surface area contributed by atoms with Crippen molar-refractivity contribution in [3.8, 4) is 0 Å². The summed E-state index contributed by atoms with van der Waals surface area (Å²) in [6, 6.07) is 0.0137. The maximum absolute atomic E-state index is 9.42. The SMILES string of the molecule is CCC(C)SCc1noc(C2CC(O)CN2)n1. The van der Waals surface area contributed by atoms with Crippen LogP contribution in [0.25, 0.3) is 0 Å². The van der Waals surface area contributed by atoms with Gasteiger partial charge in [0.15, 0.2) is 5.82 Å². The van der Waals surface area contributed by atoms with Crippen LogP contribution in [-0.2, 0) is 5.75 Å². The molecule has 0 spiro atoms. The highest BCUT2D eigenvalue weighted by Crippen LogP contribution is 2.23. The van der Waals surface area contributed by atoms with Gasteiger partial charge in [-0.3, -0.25) is 0 Å². The van der Waals surface area contributed by atoms with E-state index in [1.54, 1.807) is 0 Å². The third-order valence-corrected chi connectivity index (χ3v) is 4.29. The molecular formula is C11H19N3O2S. The van der Waals surface area contributed by atoms with Crippen molar-refractivity contribution in [2.45, 2.75) is 49.8 Å². The van der Waals surface area contributed by atoms with E-state index in [-0.39, 0.29) is 12.1 Å². The third-order valence-electron chi connectivity index (χ3n) is 2.96. The van der Waals surface area contributed by atoms with Crippen molar-refractivity contribution in [3.63, 3.8) is 0 Å². The van der Waals surface area contributed by atoms with Gasteiger partial charge in [-0.15, -0.1) is 0 Å². The zero-order chi connectivity index (χ0) is 12.3. The normalized spacial score (nSPS) is 26.3. The Bertz CT molecular complexity index is 358. The Morgan fingerprint density at radius 1 is 1.65 bits per heavy atom. The van der Waals surface area contributed by atoms with E-state index >= 15 is 0 Å². The molecule has 2 rings (SSSR count). The number of nitrogens with one attached hydrogen (secondary N) is 1. The minimum absolute atomic E-state index is 0.0137. The van der Waals surface area contributed by atoms with Crippen LogP contribution in [0, 0.1) is 0 Å². The van der Waals surface area contributed by atoms with Crippen molar-refractivity contribution in [1.29, 1.82) is 0 Å². The lowest BCUT2D eigenvalue weighted by atomic mass is 10.2. The van der Waals surface area contributed by atoms with E-state index in [1.807, 2.05) is 11.8 Å². The summed E-state index contributed by atoms with van der Waals surface area (Å²) < 4.78 is 5.21. The average molecular weight is 257 g/mol. The number of nitrogens with zero attached hydrogens (tertiary/aromatic N) is 2. The van der Waals surface area contributed by atoms with Crippen molar-refractivity contribution >= 4 is 11.8 Å². The van der Waals surface area contributed by atoms with Crippen LogP contribution in [0.5, 0.6) is 0 Å². The van der Waals surface area contributed by atoms with Crippen LogP contribution in [0.3, 0.4) is 0 Å². The fourth-order valence-corrected chi connectivity index (χ4v) is 2.49. The van der Waals surface area contributed by atoms with Gasteiger partial charge in [0.1, 0.15) is 0 Å². The fourth-order valence-electron chi connectivity index (χ4n) is 1.71. The highest BCUT2D eigenvalue weighted by Gasteiger charge is 2.28. The molecule has 5 nitrogen and oxygen atoms in total. The van der Waals surface area contributed by atoms with Crippen LogP contribution in [0.15, 0.2) is 4.52 Å². The van der Waals surface area contributed by atoms with Crippen molar-refractivity contribution in [3.05, 3.63) is 11.7 Å². The zero-order valence-corrected chi connectivity index (χ0v) is 11.0. The largest absolute Gasteiger partial charge is 0.392 e. The number of hydrogen-bond acceptors (Lipinski definition) is 6. The van der Waals surface area contributed by atoms with Gasteiger partial charge < -0.3 is 14.9 Å². The molecule has 0 bridgehead atoms. The highest BCUT2D eigenvalue weighted by molar-refractivity contribution is 7.99. The molecule has 17 heavy (non-hydrogen) atoms. The van der Waals surface area contributed by atoms with Gasteiger partial charge in [0.2, 0.25) is 5.89 Å². The van der Waals surface area contributed by atoms with Gasteiger partial charge in [-0.1, -0.05) is 19.0 Å². The molecule has 1 aliphatic heterocycles. The van der Waals surface area contributed by atoms with Gasteiger partial charge in [0, 0.05) is 11.8 Å². The molecule has 2 N–H and O–H groups in total. The lowest BCUT2D eigenvalue weighted by Crippen LogP contribution is -2.15. The van der Waals surface area contributed by atoms with E-state index in [0.717, 1.165) is 18.0 Å². The van der Waals surface area contributed by atoms with E-state index in [9.17, 15) is 5.11 Å². The zero-order valence-electron chi connectivity index (χ0n) is 10.2. The van der Waals surface area contributed by atoms with Crippen molar-refractivity contribution < 1.29 is 9.63 Å². The first-order chi connectivity index (χ1) is 8.19. The highest BCUT2D eigenvalue weighted by atomic mass is 32.2. The number of rotatable bonds is 5. The first-order valence-corrected chi connectivity index (χ1v) is 7.09. The third kappa shape index (κ3) is 3.43. The standard InChI is InChI=1S/C11H19N3O2S/c1-3-7(2)17-6-10-13-11(16-14-10)9-4-8(15)5-12-9/h7-9,12,15H,3-6H2,1-2H3. The molecule has 3 unspecified atom stereocenters. The molecule has 0 aromatic carbocycles. The molecule has 1 aliphatic rings. The van der Waals surface area contributed by atoms with Gasteiger partial charge in [-0.05, 0) is 12.8 Å². The summed E-state index contributed by atoms with van der Waals surface area (Å²) in [7, 11) is 0. The molecule has 0 amide bonds. The van der Waals surface area contributed by atoms with Gasteiger partial charge in [0.05, 0.1) is 17.9 Å². The second-order valence-corrected chi connectivity index (χ2v) is 5.86. The van der Waals surface area contributed by atoms with E-state index in [1.165, 1.54) is 0 Å². The second-order valence-electron chi connectivity index (χ2n) is 4.43. The van der Waals surface area contributed by atoms with E-state index in [2.05, 4.69) is 29.3 Å². The average Bonchev–Trinajstić information content (AvgIpc) is 2.94. The van der Waals surface area contributed by atoms with Crippen LogP contribution in [0.1, 0.15) is 44.4 Å². The first kappa shape index (κ1) is 12.9. The lowest BCUT2D eigenvalue weighted by Gasteiger charge is -2.04. The number of β-amino-alcohol motifs (C(OH)–C–C–N with tert-alkyl or cyclic N) is 1. The summed E-state index contributed by atoms with van der Waals surface area (Å²) in [5, 5.41) is 17.2. The Morgan fingerprint density at radius 2 is 2.47 bits per heavy atom. The summed E-state index contributed by atoms with van der Waals surface area (Å²) in [5.74, 6) is 2.13. The van der Waals surface area contributed by atoms with Crippen molar-refractivity contribution in [2.24, 2.45) is 0 Å². The molecule has 1 saturated heterocycles. The molecule has 96 valence electrons. The molecule has 1 fully saturated rings. The predicted molar refractivity (Wildman–Crippen MR) is 66.7 cm³/mol. The van der Waals surface area contributed by atoms with Crippen molar-refractivity contribution in [2.75, 3.05) is 6.54 Å². The Hall–Kier alpha value is -0.590. The van der Waals surface area contributed by atoms with Crippen LogP contribution in [0.2, 0.25) is 0 Å². The second kappa shape index (κ2) is 5.84. The molecule has 0 radical (unpaired) electrons. The molecule has 1 aromatic heterocycles. The van der Waals surface area contributed by atoms with Gasteiger partial charge >= 0.3 is 0 Å². The summed E-state index contributed by atoms with van der Waals surface area (Å²) in [6.45, 7) is 4.97. The fraction of sp³-hybridized carbons (Fsp3) is 0.818. The van der Waals surface area contributed by atoms with Crippen LogP contribution in [0.4, 0.5) is 0 Å².